The predicted molar refractivity (Wildman–Crippen MR) is 56.7 cm³/mol. The first-order valence-electron chi connectivity index (χ1n) is 4.62. The first-order valence-corrected chi connectivity index (χ1v) is 5.06. The van der Waals surface area contributed by atoms with Gasteiger partial charge in [0.1, 0.15) is 6.61 Å². The van der Waals surface area contributed by atoms with Crippen LogP contribution in [0.25, 0.3) is 0 Å². The third-order valence-electron chi connectivity index (χ3n) is 1.41. The van der Waals surface area contributed by atoms with Crippen LogP contribution in [0.3, 0.4) is 0 Å². The maximum absolute atomic E-state index is 11.1. The molecule has 0 saturated carbocycles. The SMILES string of the molecule is C=C(C)C(=O)OCC(Cl)C(=O)OCCC. The van der Waals surface area contributed by atoms with Gasteiger partial charge in [-0.25, -0.2) is 4.79 Å². The van der Waals surface area contributed by atoms with Crippen LogP contribution in [0.5, 0.6) is 0 Å². The number of hydrogen-bond acceptors (Lipinski definition) is 4. The highest BCUT2D eigenvalue weighted by molar-refractivity contribution is 6.30. The minimum atomic E-state index is -0.958. The molecule has 0 aromatic rings. The van der Waals surface area contributed by atoms with Crippen molar-refractivity contribution in [3.8, 4) is 0 Å². The Bertz CT molecular complexity index is 250. The Morgan fingerprint density at radius 3 is 2.47 bits per heavy atom. The highest BCUT2D eigenvalue weighted by atomic mass is 35.5. The smallest absolute Gasteiger partial charge is 0.333 e. The van der Waals surface area contributed by atoms with Gasteiger partial charge in [0.25, 0.3) is 0 Å². The van der Waals surface area contributed by atoms with Crippen LogP contribution in [-0.4, -0.2) is 30.5 Å². The first-order chi connectivity index (χ1) is 6.99. The molecule has 86 valence electrons. The van der Waals surface area contributed by atoms with Crippen LogP contribution in [0.15, 0.2) is 12.2 Å². The van der Waals surface area contributed by atoms with Crippen molar-refractivity contribution >= 4 is 23.5 Å². The van der Waals surface area contributed by atoms with E-state index in [2.05, 4.69) is 6.58 Å². The zero-order chi connectivity index (χ0) is 11.8. The Hall–Kier alpha value is -1.03. The summed E-state index contributed by atoms with van der Waals surface area (Å²) in [5.41, 5.74) is 0.265. The molecule has 0 aliphatic rings. The number of halogens is 1. The zero-order valence-corrected chi connectivity index (χ0v) is 9.67. The average Bonchev–Trinajstić information content (AvgIpc) is 2.21. The fraction of sp³-hybridized carbons (Fsp3) is 0.600. The summed E-state index contributed by atoms with van der Waals surface area (Å²) in [4.78, 5) is 22.1. The number of rotatable bonds is 6. The van der Waals surface area contributed by atoms with Gasteiger partial charge in [0, 0.05) is 5.57 Å². The molecule has 0 N–H and O–H groups in total. The molecule has 0 saturated heterocycles. The van der Waals surface area contributed by atoms with Crippen molar-refractivity contribution in [1.29, 1.82) is 0 Å². The molecule has 15 heavy (non-hydrogen) atoms. The Labute approximate surface area is 94.2 Å². The van der Waals surface area contributed by atoms with E-state index >= 15 is 0 Å². The van der Waals surface area contributed by atoms with E-state index in [1.807, 2.05) is 6.92 Å². The minimum absolute atomic E-state index is 0.199. The number of carbonyl (C=O) groups excluding carboxylic acids is 2. The van der Waals surface area contributed by atoms with Crippen molar-refractivity contribution in [3.05, 3.63) is 12.2 Å². The molecule has 5 heteroatoms. The van der Waals surface area contributed by atoms with Gasteiger partial charge < -0.3 is 9.47 Å². The van der Waals surface area contributed by atoms with Crippen molar-refractivity contribution < 1.29 is 19.1 Å². The third kappa shape index (κ3) is 6.12. The molecule has 0 aliphatic carbocycles. The second kappa shape index (κ2) is 7.29. The fourth-order valence-corrected chi connectivity index (χ4v) is 0.759. The van der Waals surface area contributed by atoms with Crippen molar-refractivity contribution in [3.63, 3.8) is 0 Å². The van der Waals surface area contributed by atoms with Gasteiger partial charge in [-0.05, 0) is 13.3 Å². The molecule has 0 amide bonds. The fourth-order valence-electron chi connectivity index (χ4n) is 0.633. The van der Waals surface area contributed by atoms with Gasteiger partial charge in [-0.15, -0.1) is 11.6 Å². The van der Waals surface area contributed by atoms with Crippen LogP contribution >= 0.6 is 11.6 Å². The summed E-state index contributed by atoms with van der Waals surface area (Å²) in [5.74, 6) is -1.14. The van der Waals surface area contributed by atoms with Crippen LogP contribution in [0.4, 0.5) is 0 Å². The van der Waals surface area contributed by atoms with E-state index in [9.17, 15) is 9.59 Å². The summed E-state index contributed by atoms with van der Waals surface area (Å²) in [7, 11) is 0. The lowest BCUT2D eigenvalue weighted by atomic mass is 10.3. The normalized spacial score (nSPS) is 11.7. The van der Waals surface area contributed by atoms with Gasteiger partial charge in [-0.2, -0.15) is 0 Å². The molecule has 0 radical (unpaired) electrons. The van der Waals surface area contributed by atoms with Gasteiger partial charge in [0.2, 0.25) is 0 Å². The van der Waals surface area contributed by atoms with E-state index in [0.29, 0.717) is 6.61 Å². The standard InChI is InChI=1S/C10H15ClO4/c1-4-5-14-10(13)8(11)6-15-9(12)7(2)3/h8H,2,4-6H2,1,3H3. The largest absolute Gasteiger partial charge is 0.465 e. The number of esters is 2. The minimum Gasteiger partial charge on any atom is -0.465 e. The lowest BCUT2D eigenvalue weighted by Crippen LogP contribution is -2.25. The quantitative estimate of drug-likeness (QED) is 0.399. The van der Waals surface area contributed by atoms with Crippen LogP contribution in [0.1, 0.15) is 20.3 Å². The highest BCUT2D eigenvalue weighted by Crippen LogP contribution is 2.02. The Morgan fingerprint density at radius 2 is 2.00 bits per heavy atom. The molecular formula is C10H15ClO4. The van der Waals surface area contributed by atoms with Crippen molar-refractivity contribution in [2.75, 3.05) is 13.2 Å². The van der Waals surface area contributed by atoms with Crippen LogP contribution in [0, 0.1) is 0 Å². The molecule has 0 aromatic heterocycles. The lowest BCUT2D eigenvalue weighted by Gasteiger charge is -2.09. The maximum Gasteiger partial charge on any atom is 0.333 e. The lowest BCUT2D eigenvalue weighted by molar-refractivity contribution is -0.147. The van der Waals surface area contributed by atoms with E-state index < -0.39 is 17.3 Å². The molecule has 0 aliphatic heterocycles. The number of carbonyl (C=O) groups is 2. The van der Waals surface area contributed by atoms with Gasteiger partial charge in [0.05, 0.1) is 6.61 Å². The zero-order valence-electron chi connectivity index (χ0n) is 8.92. The molecule has 4 nitrogen and oxygen atoms in total. The van der Waals surface area contributed by atoms with Gasteiger partial charge in [0.15, 0.2) is 5.38 Å². The molecule has 0 spiro atoms. The van der Waals surface area contributed by atoms with Crippen LogP contribution in [-0.2, 0) is 19.1 Å². The van der Waals surface area contributed by atoms with E-state index in [1.54, 1.807) is 0 Å². The molecule has 1 atom stereocenters. The van der Waals surface area contributed by atoms with Gasteiger partial charge in [-0.3, -0.25) is 4.79 Å². The molecule has 0 rings (SSSR count). The summed E-state index contributed by atoms with van der Waals surface area (Å²) < 4.78 is 9.46. The van der Waals surface area contributed by atoms with Crippen molar-refractivity contribution in [2.45, 2.75) is 25.6 Å². The predicted octanol–water partition coefficient (Wildman–Crippen LogP) is 1.67. The molecule has 0 fully saturated rings. The second-order valence-corrected chi connectivity index (χ2v) is 3.54. The number of hydrogen-bond donors (Lipinski definition) is 0. The van der Waals surface area contributed by atoms with Crippen molar-refractivity contribution in [2.24, 2.45) is 0 Å². The molecule has 0 heterocycles. The molecule has 0 bridgehead atoms. The third-order valence-corrected chi connectivity index (χ3v) is 1.72. The van der Waals surface area contributed by atoms with E-state index in [-0.39, 0.29) is 12.2 Å². The maximum atomic E-state index is 11.1. The monoisotopic (exact) mass is 234 g/mol. The first kappa shape index (κ1) is 14.0. The number of ether oxygens (including phenoxy) is 2. The Balaban J connectivity index is 3.82. The second-order valence-electron chi connectivity index (χ2n) is 3.01. The van der Waals surface area contributed by atoms with Gasteiger partial charge in [-0.1, -0.05) is 13.5 Å². The topological polar surface area (TPSA) is 52.6 Å². The van der Waals surface area contributed by atoms with E-state index in [0.717, 1.165) is 6.42 Å². The average molecular weight is 235 g/mol. The molecular weight excluding hydrogens is 220 g/mol. The Kier molecular flexibility index (Phi) is 6.79. The highest BCUT2D eigenvalue weighted by Gasteiger charge is 2.18. The van der Waals surface area contributed by atoms with E-state index in [4.69, 9.17) is 21.1 Å². The van der Waals surface area contributed by atoms with Crippen LogP contribution in [0.2, 0.25) is 0 Å². The van der Waals surface area contributed by atoms with Crippen molar-refractivity contribution in [1.82, 2.24) is 0 Å². The summed E-state index contributed by atoms with van der Waals surface area (Å²) >= 11 is 5.63. The molecule has 0 aromatic carbocycles. The number of alkyl halides is 1. The summed E-state index contributed by atoms with van der Waals surface area (Å²) in [6, 6.07) is 0. The Morgan fingerprint density at radius 1 is 1.40 bits per heavy atom. The molecule has 1 unspecified atom stereocenters. The summed E-state index contributed by atoms with van der Waals surface area (Å²) in [6.07, 6.45) is 0.723. The summed E-state index contributed by atoms with van der Waals surface area (Å²) in [5, 5.41) is -0.958. The van der Waals surface area contributed by atoms with Crippen LogP contribution < -0.4 is 0 Å². The van der Waals surface area contributed by atoms with E-state index in [1.165, 1.54) is 6.92 Å². The van der Waals surface area contributed by atoms with Gasteiger partial charge >= 0.3 is 11.9 Å². The summed E-state index contributed by atoms with van der Waals surface area (Å²) in [6.45, 7) is 6.90.